The molecule has 110 valence electrons. The number of nitrogens with one attached hydrogen (secondary N) is 1. The van der Waals surface area contributed by atoms with Crippen LogP contribution in [0.15, 0.2) is 18.2 Å². The first-order valence-electron chi connectivity index (χ1n) is 8.15. The van der Waals surface area contributed by atoms with Crippen LogP contribution in [0.3, 0.4) is 0 Å². The Morgan fingerprint density at radius 1 is 1.24 bits per heavy atom. The lowest BCUT2D eigenvalue weighted by molar-refractivity contribution is 0.415. The fourth-order valence-corrected chi connectivity index (χ4v) is 4.31. The number of hydrogen-bond acceptors (Lipinski definition) is 3. The summed E-state index contributed by atoms with van der Waals surface area (Å²) in [5, 5.41) is 3.75. The maximum atomic E-state index is 5.36. The molecule has 21 heavy (non-hydrogen) atoms. The Bertz CT molecular complexity index is 703. The van der Waals surface area contributed by atoms with Crippen LogP contribution in [0.4, 0.5) is 0 Å². The van der Waals surface area contributed by atoms with Crippen LogP contribution in [0.2, 0.25) is 0 Å². The van der Waals surface area contributed by atoms with E-state index in [-0.39, 0.29) is 0 Å². The molecule has 2 saturated heterocycles. The van der Waals surface area contributed by atoms with Crippen LogP contribution in [0.25, 0.3) is 11.0 Å². The minimum absolute atomic E-state index is 0.600. The van der Waals surface area contributed by atoms with Gasteiger partial charge in [0.15, 0.2) is 0 Å². The van der Waals surface area contributed by atoms with Gasteiger partial charge in [0.25, 0.3) is 0 Å². The summed E-state index contributed by atoms with van der Waals surface area (Å²) in [7, 11) is 1.72. The van der Waals surface area contributed by atoms with Gasteiger partial charge < -0.3 is 14.6 Å². The lowest BCUT2D eigenvalue weighted by Crippen LogP contribution is -2.23. The van der Waals surface area contributed by atoms with E-state index in [2.05, 4.69) is 28.1 Å². The van der Waals surface area contributed by atoms with Crippen molar-refractivity contribution < 1.29 is 4.74 Å². The lowest BCUT2D eigenvalue weighted by Gasteiger charge is -2.21. The average molecular weight is 283 g/mol. The van der Waals surface area contributed by atoms with Crippen LogP contribution in [-0.2, 0) is 0 Å². The topological polar surface area (TPSA) is 39.1 Å². The molecule has 1 aliphatic carbocycles. The van der Waals surface area contributed by atoms with Gasteiger partial charge in [0.2, 0.25) is 0 Å². The highest BCUT2D eigenvalue weighted by molar-refractivity contribution is 5.78. The first kappa shape index (κ1) is 12.0. The van der Waals surface area contributed by atoms with Gasteiger partial charge in [-0.25, -0.2) is 4.98 Å². The number of fused-ring (bicyclic) bond motifs is 3. The molecule has 2 bridgehead atoms. The van der Waals surface area contributed by atoms with Gasteiger partial charge in [-0.05, 0) is 44.2 Å². The molecule has 3 fully saturated rings. The molecule has 4 heteroatoms. The first-order chi connectivity index (χ1) is 10.3. The van der Waals surface area contributed by atoms with E-state index < -0.39 is 0 Å². The summed E-state index contributed by atoms with van der Waals surface area (Å²) < 4.78 is 7.89. The van der Waals surface area contributed by atoms with Crippen LogP contribution in [-0.4, -0.2) is 28.7 Å². The molecule has 5 rings (SSSR count). The highest BCUT2D eigenvalue weighted by Crippen LogP contribution is 2.45. The molecule has 1 saturated carbocycles. The number of methoxy groups -OCH3 is 1. The Hall–Kier alpha value is -1.55. The van der Waals surface area contributed by atoms with Gasteiger partial charge in [-0.1, -0.05) is 0 Å². The van der Waals surface area contributed by atoms with Gasteiger partial charge in [-0.3, -0.25) is 0 Å². The van der Waals surface area contributed by atoms with Crippen LogP contribution in [0.5, 0.6) is 5.75 Å². The van der Waals surface area contributed by atoms with Crippen molar-refractivity contribution in [3.05, 3.63) is 24.0 Å². The number of hydrogen-bond donors (Lipinski definition) is 1. The maximum Gasteiger partial charge on any atom is 0.121 e. The number of ether oxygens (including phenoxy) is 1. The Morgan fingerprint density at radius 2 is 2.14 bits per heavy atom. The molecule has 1 N–H and O–H groups in total. The number of imidazole rings is 1. The molecule has 0 amide bonds. The molecule has 3 heterocycles. The highest BCUT2D eigenvalue weighted by atomic mass is 16.5. The standard InChI is InChI=1S/C17H21N3O/c1-21-12-5-7-16-15(9-12)19-17(20(16)11-3-4-11)13-8-10-2-6-14(13)18-10/h5,7,9-11,13-14,18H,2-4,6,8H2,1H3. The van der Waals surface area contributed by atoms with Gasteiger partial charge in [0, 0.05) is 30.1 Å². The number of aromatic nitrogens is 2. The van der Waals surface area contributed by atoms with Crippen LogP contribution >= 0.6 is 0 Å². The average Bonchev–Trinajstić information content (AvgIpc) is 2.99. The number of nitrogens with zero attached hydrogens (tertiary/aromatic N) is 2. The second-order valence-electron chi connectivity index (χ2n) is 6.82. The maximum absolute atomic E-state index is 5.36. The Kier molecular flexibility index (Phi) is 2.42. The number of rotatable bonds is 3. The summed E-state index contributed by atoms with van der Waals surface area (Å²) in [6.45, 7) is 0. The summed E-state index contributed by atoms with van der Waals surface area (Å²) >= 11 is 0. The molecular weight excluding hydrogens is 262 g/mol. The molecule has 0 radical (unpaired) electrons. The zero-order valence-electron chi connectivity index (χ0n) is 12.4. The van der Waals surface area contributed by atoms with Crippen molar-refractivity contribution in [2.24, 2.45) is 0 Å². The summed E-state index contributed by atoms with van der Waals surface area (Å²) in [5.74, 6) is 2.82. The van der Waals surface area contributed by atoms with E-state index in [1.54, 1.807) is 7.11 Å². The molecule has 3 atom stereocenters. The number of benzene rings is 1. The van der Waals surface area contributed by atoms with Crippen molar-refractivity contribution in [1.82, 2.24) is 14.9 Å². The van der Waals surface area contributed by atoms with Crippen molar-refractivity contribution in [1.29, 1.82) is 0 Å². The molecule has 0 spiro atoms. The van der Waals surface area contributed by atoms with E-state index in [1.165, 1.54) is 43.4 Å². The van der Waals surface area contributed by atoms with Crippen LogP contribution in [0.1, 0.15) is 49.9 Å². The van der Waals surface area contributed by atoms with E-state index in [0.29, 0.717) is 18.0 Å². The molecule has 3 aliphatic rings. The summed E-state index contributed by atoms with van der Waals surface area (Å²) in [6.07, 6.45) is 6.53. The fraction of sp³-hybridized carbons (Fsp3) is 0.588. The Balaban J connectivity index is 1.66. The van der Waals surface area contributed by atoms with Crippen molar-refractivity contribution in [2.75, 3.05) is 7.11 Å². The van der Waals surface area contributed by atoms with Crippen molar-refractivity contribution >= 4 is 11.0 Å². The molecule has 3 unspecified atom stereocenters. The van der Waals surface area contributed by atoms with Crippen molar-refractivity contribution in [3.8, 4) is 5.75 Å². The minimum atomic E-state index is 0.600. The molecule has 4 nitrogen and oxygen atoms in total. The van der Waals surface area contributed by atoms with Gasteiger partial charge >= 0.3 is 0 Å². The predicted octanol–water partition coefficient (Wildman–Crippen LogP) is 2.99. The van der Waals surface area contributed by atoms with E-state index >= 15 is 0 Å². The third-order valence-corrected chi connectivity index (χ3v) is 5.47. The van der Waals surface area contributed by atoms with Gasteiger partial charge in [0.05, 0.1) is 18.1 Å². The summed E-state index contributed by atoms with van der Waals surface area (Å²) in [4.78, 5) is 5.03. The summed E-state index contributed by atoms with van der Waals surface area (Å²) in [5.41, 5.74) is 2.38. The quantitative estimate of drug-likeness (QED) is 0.941. The molecule has 1 aromatic carbocycles. The normalized spacial score (nSPS) is 31.2. The Labute approximate surface area is 124 Å². The second kappa shape index (κ2) is 4.23. The monoisotopic (exact) mass is 283 g/mol. The van der Waals surface area contributed by atoms with E-state index in [4.69, 9.17) is 9.72 Å². The van der Waals surface area contributed by atoms with Crippen LogP contribution in [0, 0.1) is 0 Å². The van der Waals surface area contributed by atoms with Crippen molar-refractivity contribution in [3.63, 3.8) is 0 Å². The van der Waals surface area contributed by atoms with Gasteiger partial charge in [0.1, 0.15) is 11.6 Å². The predicted molar refractivity (Wildman–Crippen MR) is 81.9 cm³/mol. The second-order valence-corrected chi connectivity index (χ2v) is 6.82. The van der Waals surface area contributed by atoms with Crippen LogP contribution < -0.4 is 10.1 Å². The SMILES string of the molecule is COc1ccc2c(c1)nc(C1CC3CCC1N3)n2C1CC1. The molecule has 2 aliphatic heterocycles. The van der Waals surface area contributed by atoms with Crippen molar-refractivity contribution in [2.45, 2.75) is 56.1 Å². The highest BCUT2D eigenvalue weighted by Gasteiger charge is 2.43. The minimum Gasteiger partial charge on any atom is -0.497 e. The van der Waals surface area contributed by atoms with Gasteiger partial charge in [-0.15, -0.1) is 0 Å². The smallest absolute Gasteiger partial charge is 0.121 e. The first-order valence-corrected chi connectivity index (χ1v) is 8.15. The fourth-order valence-electron chi connectivity index (χ4n) is 4.31. The summed E-state index contributed by atoms with van der Waals surface area (Å²) in [6, 6.07) is 8.37. The van der Waals surface area contributed by atoms with E-state index in [1.807, 2.05) is 0 Å². The Morgan fingerprint density at radius 3 is 2.81 bits per heavy atom. The van der Waals surface area contributed by atoms with E-state index in [9.17, 15) is 0 Å². The zero-order valence-corrected chi connectivity index (χ0v) is 12.4. The molecular formula is C17H21N3O. The van der Waals surface area contributed by atoms with Gasteiger partial charge in [-0.2, -0.15) is 0 Å². The van der Waals surface area contributed by atoms with E-state index in [0.717, 1.165) is 17.3 Å². The third kappa shape index (κ3) is 1.75. The third-order valence-electron chi connectivity index (χ3n) is 5.47. The largest absolute Gasteiger partial charge is 0.497 e. The zero-order chi connectivity index (χ0) is 14.0. The molecule has 2 aromatic rings. The molecule has 1 aromatic heterocycles. The lowest BCUT2D eigenvalue weighted by atomic mass is 9.88.